The molecule has 0 spiro atoms. The molecule has 107 heavy (non-hydrogen) atoms. The summed E-state index contributed by atoms with van der Waals surface area (Å²) in [6.45, 7) is 7.35. The molecule has 0 radical (unpaired) electrons. The first-order valence-electron chi connectivity index (χ1n) is 45.7. The van der Waals surface area contributed by atoms with Crippen LogP contribution in [-0.4, -0.2) is 96.7 Å². The fourth-order valence-electron chi connectivity index (χ4n) is 13.8. The smallest absolute Gasteiger partial charge is 0.462 e. The Kier molecular flexibility index (Phi) is 79.2. The summed E-state index contributed by atoms with van der Waals surface area (Å²) < 4.78 is 68.7. The number of hydrogen-bond donors (Lipinski definition) is 3. The van der Waals surface area contributed by atoms with Crippen molar-refractivity contribution in [3.63, 3.8) is 0 Å². The van der Waals surface area contributed by atoms with Gasteiger partial charge in [0.1, 0.15) is 19.3 Å². The monoisotopic (exact) mass is 1560 g/mol. The summed E-state index contributed by atoms with van der Waals surface area (Å²) in [5, 5.41) is 10.6. The van der Waals surface area contributed by atoms with Gasteiger partial charge in [0.25, 0.3) is 0 Å². The summed E-state index contributed by atoms with van der Waals surface area (Å²) >= 11 is 0. The van der Waals surface area contributed by atoms with Crippen molar-refractivity contribution in [2.24, 2.45) is 5.92 Å². The van der Waals surface area contributed by atoms with Crippen LogP contribution in [0.1, 0.15) is 478 Å². The van der Waals surface area contributed by atoms with Crippen molar-refractivity contribution < 1.29 is 80.2 Å². The van der Waals surface area contributed by atoms with E-state index in [2.05, 4.69) is 34.6 Å². The van der Waals surface area contributed by atoms with Crippen LogP contribution < -0.4 is 0 Å². The van der Waals surface area contributed by atoms with E-state index in [1.807, 2.05) is 0 Å². The number of hydrogen-bond acceptors (Lipinski definition) is 15. The molecule has 0 saturated heterocycles. The summed E-state index contributed by atoms with van der Waals surface area (Å²) in [6, 6.07) is 0. The van der Waals surface area contributed by atoms with Gasteiger partial charge >= 0.3 is 39.5 Å². The van der Waals surface area contributed by atoms with E-state index in [9.17, 15) is 43.2 Å². The van der Waals surface area contributed by atoms with Gasteiger partial charge in [-0.25, -0.2) is 9.13 Å². The van der Waals surface area contributed by atoms with Crippen LogP contribution in [0.5, 0.6) is 0 Å². The minimum Gasteiger partial charge on any atom is -0.462 e. The van der Waals surface area contributed by atoms with E-state index in [1.54, 1.807) is 0 Å². The maximum absolute atomic E-state index is 13.1. The Morgan fingerprint density at radius 2 is 0.449 bits per heavy atom. The zero-order valence-corrected chi connectivity index (χ0v) is 72.1. The minimum atomic E-state index is -4.96. The molecule has 0 aromatic rings. The lowest BCUT2D eigenvalue weighted by Gasteiger charge is -2.21. The molecule has 3 unspecified atom stereocenters. The lowest BCUT2D eigenvalue weighted by molar-refractivity contribution is -0.161. The highest BCUT2D eigenvalue weighted by atomic mass is 31.2. The summed E-state index contributed by atoms with van der Waals surface area (Å²) in [4.78, 5) is 73.0. The first-order valence-corrected chi connectivity index (χ1v) is 48.7. The van der Waals surface area contributed by atoms with Gasteiger partial charge in [0.05, 0.1) is 26.4 Å². The van der Waals surface area contributed by atoms with Crippen LogP contribution in [0.4, 0.5) is 0 Å². The molecule has 0 saturated carbocycles. The topological polar surface area (TPSA) is 237 Å². The second kappa shape index (κ2) is 80.7. The standard InChI is InChI=1S/C88H172O17P2/c1-6-10-13-16-18-20-22-24-26-28-30-32-37-41-45-49-53-57-62-67-72-86(91)99-78-84(105-88(93)74-69-64-59-55-51-47-43-39-35-34-36-40-44-48-52-56-61-65-70-81(5)9-4)80-103-107(96,97)101-76-82(89)75-100-106(94,95)102-79-83(77-98-85(90)71-66-60-15-12-8-3)104-87(92)73-68-63-58-54-50-46-42-38-33-31-29-27-25-23-21-19-17-14-11-7-2/h81-84,89H,6-80H2,1-5H3,(H,94,95)(H,96,97)/t81?,82-,83+,84+/m0/s1. The van der Waals surface area contributed by atoms with E-state index in [0.717, 1.165) is 102 Å². The fourth-order valence-corrected chi connectivity index (χ4v) is 15.4. The molecular formula is C88H172O17P2. The Hall–Kier alpha value is -1.94. The summed E-state index contributed by atoms with van der Waals surface area (Å²) in [7, 11) is -9.92. The highest BCUT2D eigenvalue weighted by molar-refractivity contribution is 7.47. The van der Waals surface area contributed by atoms with Crippen molar-refractivity contribution in [2.75, 3.05) is 39.6 Å². The number of ether oxygens (including phenoxy) is 4. The van der Waals surface area contributed by atoms with Gasteiger partial charge in [-0.05, 0) is 31.6 Å². The maximum atomic E-state index is 13.1. The third-order valence-electron chi connectivity index (χ3n) is 21.1. The Morgan fingerprint density at radius 3 is 0.664 bits per heavy atom. The van der Waals surface area contributed by atoms with Crippen molar-refractivity contribution in [1.82, 2.24) is 0 Å². The predicted molar refractivity (Wildman–Crippen MR) is 442 cm³/mol. The van der Waals surface area contributed by atoms with Crippen LogP contribution in [0.15, 0.2) is 0 Å². The van der Waals surface area contributed by atoms with Crippen LogP contribution in [0.3, 0.4) is 0 Å². The Morgan fingerprint density at radius 1 is 0.262 bits per heavy atom. The molecule has 17 nitrogen and oxygen atoms in total. The van der Waals surface area contributed by atoms with Gasteiger partial charge in [-0.15, -0.1) is 0 Å². The van der Waals surface area contributed by atoms with Gasteiger partial charge in [-0.2, -0.15) is 0 Å². The summed E-state index contributed by atoms with van der Waals surface area (Å²) in [6.07, 6.45) is 75.6. The number of phosphoric ester groups is 2. The Labute approximate surface area is 658 Å². The minimum absolute atomic E-state index is 0.108. The van der Waals surface area contributed by atoms with E-state index in [1.165, 1.54) is 295 Å². The molecule has 0 bridgehead atoms. The van der Waals surface area contributed by atoms with Crippen LogP contribution in [0, 0.1) is 5.92 Å². The third-order valence-corrected chi connectivity index (χ3v) is 23.0. The maximum Gasteiger partial charge on any atom is 0.472 e. The van der Waals surface area contributed by atoms with Crippen molar-refractivity contribution in [3.8, 4) is 0 Å². The Bertz CT molecular complexity index is 2030. The predicted octanol–water partition coefficient (Wildman–Crippen LogP) is 27.2. The van der Waals surface area contributed by atoms with Crippen molar-refractivity contribution in [1.29, 1.82) is 0 Å². The van der Waals surface area contributed by atoms with Crippen LogP contribution in [0.25, 0.3) is 0 Å². The number of aliphatic hydroxyl groups excluding tert-OH is 1. The first kappa shape index (κ1) is 105. The van der Waals surface area contributed by atoms with Crippen LogP contribution >= 0.6 is 15.6 Å². The van der Waals surface area contributed by atoms with Gasteiger partial charge in [0.15, 0.2) is 12.2 Å². The van der Waals surface area contributed by atoms with E-state index in [4.69, 9.17) is 37.0 Å². The molecule has 636 valence electrons. The normalized spacial score (nSPS) is 14.0. The fraction of sp³-hybridized carbons (Fsp3) is 0.955. The number of carbonyl (C=O) groups is 4. The summed E-state index contributed by atoms with van der Waals surface area (Å²) in [5.41, 5.74) is 0. The second-order valence-electron chi connectivity index (χ2n) is 31.9. The number of aliphatic hydroxyl groups is 1. The quantitative estimate of drug-likeness (QED) is 0.0222. The van der Waals surface area contributed by atoms with Gasteiger partial charge < -0.3 is 33.8 Å². The van der Waals surface area contributed by atoms with Crippen LogP contribution in [-0.2, 0) is 65.4 Å². The average Bonchev–Trinajstić information content (AvgIpc) is 0.937. The van der Waals surface area contributed by atoms with Gasteiger partial charge in [0, 0.05) is 25.7 Å². The molecule has 0 aromatic carbocycles. The molecule has 0 aromatic heterocycles. The average molecular weight is 1560 g/mol. The van der Waals surface area contributed by atoms with Crippen molar-refractivity contribution in [3.05, 3.63) is 0 Å². The molecule has 0 amide bonds. The number of carbonyl (C=O) groups excluding carboxylic acids is 4. The van der Waals surface area contributed by atoms with Gasteiger partial charge in [-0.1, -0.05) is 426 Å². The molecule has 0 aliphatic heterocycles. The molecule has 0 fully saturated rings. The molecule has 19 heteroatoms. The highest BCUT2D eigenvalue weighted by Crippen LogP contribution is 2.45. The van der Waals surface area contributed by atoms with E-state index in [0.29, 0.717) is 25.7 Å². The molecule has 0 rings (SSSR count). The zero-order chi connectivity index (χ0) is 78.3. The molecular weight excluding hydrogens is 1390 g/mol. The van der Waals surface area contributed by atoms with Gasteiger partial charge in [0.2, 0.25) is 0 Å². The first-order chi connectivity index (χ1) is 52.1. The largest absolute Gasteiger partial charge is 0.472 e. The molecule has 0 heterocycles. The lowest BCUT2D eigenvalue weighted by Crippen LogP contribution is -2.30. The number of phosphoric acid groups is 2. The summed E-state index contributed by atoms with van der Waals surface area (Å²) in [5.74, 6) is -1.24. The highest BCUT2D eigenvalue weighted by Gasteiger charge is 2.30. The van der Waals surface area contributed by atoms with E-state index in [-0.39, 0.29) is 25.7 Å². The van der Waals surface area contributed by atoms with Crippen molar-refractivity contribution in [2.45, 2.75) is 496 Å². The van der Waals surface area contributed by atoms with E-state index < -0.39 is 97.5 Å². The SMILES string of the molecule is CCCCCCCCCCCCCCCCCCCCCCC(=O)OC[C@H](COP(=O)(O)OC[C@@H](O)COP(=O)(O)OC[C@@H](COC(=O)CCCCCCC)OC(=O)CCCCCCCCCCCCCCCCCCCCCC)OC(=O)CCCCCCCCCCCCCCCCCCCCC(C)CC. The number of esters is 4. The molecule has 6 atom stereocenters. The molecule has 3 N–H and O–H groups in total. The zero-order valence-electron chi connectivity index (χ0n) is 70.3. The van der Waals surface area contributed by atoms with E-state index >= 15 is 0 Å². The molecule has 0 aliphatic rings. The molecule has 0 aliphatic carbocycles. The third kappa shape index (κ3) is 80.5. The Balaban J connectivity index is 5.08. The number of rotatable bonds is 88. The number of unbranched alkanes of at least 4 members (excludes halogenated alkanes) is 59. The lowest BCUT2D eigenvalue weighted by atomic mass is 9.99. The van der Waals surface area contributed by atoms with Crippen LogP contribution in [0.2, 0.25) is 0 Å². The van der Waals surface area contributed by atoms with Crippen molar-refractivity contribution >= 4 is 39.5 Å². The van der Waals surface area contributed by atoms with Gasteiger partial charge in [-0.3, -0.25) is 37.3 Å². The second-order valence-corrected chi connectivity index (χ2v) is 34.8.